The molecule has 1 amide bonds. The maximum atomic E-state index is 13.2. The van der Waals surface area contributed by atoms with Gasteiger partial charge in [0.1, 0.15) is 5.82 Å². The van der Waals surface area contributed by atoms with Crippen LogP contribution in [0.2, 0.25) is 0 Å². The standard InChI is InChI=1S/C16H18FN3O/c1-3-20(10-12-5-4-6-13(17)7-12)16(21)15-8-14(18)9-19-11(15)2/h4-9H,3,10,18H2,1-2H3. The van der Waals surface area contributed by atoms with Gasteiger partial charge >= 0.3 is 0 Å². The number of benzene rings is 1. The summed E-state index contributed by atoms with van der Waals surface area (Å²) >= 11 is 0. The summed E-state index contributed by atoms with van der Waals surface area (Å²) in [6, 6.07) is 7.87. The molecule has 1 aromatic carbocycles. The van der Waals surface area contributed by atoms with E-state index in [2.05, 4.69) is 4.98 Å². The molecule has 0 atom stereocenters. The Morgan fingerprint density at radius 1 is 1.38 bits per heavy atom. The van der Waals surface area contributed by atoms with Crippen LogP contribution in [0.1, 0.15) is 28.5 Å². The van der Waals surface area contributed by atoms with Gasteiger partial charge in [-0.25, -0.2) is 4.39 Å². The number of nitrogens with zero attached hydrogens (tertiary/aromatic N) is 2. The normalized spacial score (nSPS) is 10.4. The highest BCUT2D eigenvalue weighted by atomic mass is 19.1. The van der Waals surface area contributed by atoms with Crippen LogP contribution in [0.4, 0.5) is 10.1 Å². The number of pyridine rings is 1. The summed E-state index contributed by atoms with van der Waals surface area (Å²) in [6.45, 7) is 4.51. The number of anilines is 1. The van der Waals surface area contributed by atoms with Gasteiger partial charge in [-0.05, 0) is 37.6 Å². The number of hydrogen-bond donors (Lipinski definition) is 1. The zero-order chi connectivity index (χ0) is 15.4. The summed E-state index contributed by atoms with van der Waals surface area (Å²) < 4.78 is 13.2. The van der Waals surface area contributed by atoms with E-state index in [9.17, 15) is 9.18 Å². The van der Waals surface area contributed by atoms with Gasteiger partial charge in [-0.15, -0.1) is 0 Å². The Balaban J connectivity index is 2.24. The molecule has 0 aliphatic carbocycles. The minimum atomic E-state index is -0.308. The summed E-state index contributed by atoms with van der Waals surface area (Å²) in [6.07, 6.45) is 1.52. The molecule has 110 valence electrons. The molecule has 0 unspecified atom stereocenters. The third kappa shape index (κ3) is 3.56. The van der Waals surface area contributed by atoms with Gasteiger partial charge in [0.2, 0.25) is 0 Å². The first kappa shape index (κ1) is 15.0. The lowest BCUT2D eigenvalue weighted by atomic mass is 10.1. The molecule has 2 N–H and O–H groups in total. The predicted molar refractivity (Wildman–Crippen MR) is 80.2 cm³/mol. The van der Waals surface area contributed by atoms with Gasteiger partial charge in [-0.2, -0.15) is 0 Å². The monoisotopic (exact) mass is 287 g/mol. The van der Waals surface area contributed by atoms with E-state index >= 15 is 0 Å². The molecule has 0 aliphatic rings. The van der Waals surface area contributed by atoms with Crippen molar-refractivity contribution in [3.63, 3.8) is 0 Å². The lowest BCUT2D eigenvalue weighted by Gasteiger charge is -2.22. The van der Waals surface area contributed by atoms with Crippen LogP contribution in [0.25, 0.3) is 0 Å². The molecule has 1 heterocycles. The number of nitrogen functional groups attached to an aromatic ring is 1. The molecule has 0 fully saturated rings. The molecule has 2 aromatic rings. The van der Waals surface area contributed by atoms with Crippen LogP contribution < -0.4 is 5.73 Å². The highest BCUT2D eigenvalue weighted by Gasteiger charge is 2.17. The fourth-order valence-corrected chi connectivity index (χ4v) is 2.12. The van der Waals surface area contributed by atoms with E-state index in [1.807, 2.05) is 6.92 Å². The number of amides is 1. The Labute approximate surface area is 123 Å². The third-order valence-corrected chi connectivity index (χ3v) is 3.27. The van der Waals surface area contributed by atoms with Crippen LogP contribution in [0.15, 0.2) is 36.5 Å². The first-order valence-electron chi connectivity index (χ1n) is 6.77. The average molecular weight is 287 g/mol. The van der Waals surface area contributed by atoms with Crippen molar-refractivity contribution >= 4 is 11.6 Å². The number of aryl methyl sites for hydroxylation is 1. The smallest absolute Gasteiger partial charge is 0.256 e. The average Bonchev–Trinajstić information content (AvgIpc) is 2.46. The molecule has 0 spiro atoms. The number of nitrogens with two attached hydrogens (primary N) is 1. The van der Waals surface area contributed by atoms with Crippen LogP contribution in [0.3, 0.4) is 0 Å². The van der Waals surface area contributed by atoms with Crippen LogP contribution in [-0.4, -0.2) is 22.3 Å². The van der Waals surface area contributed by atoms with Crippen molar-refractivity contribution in [3.8, 4) is 0 Å². The summed E-state index contributed by atoms with van der Waals surface area (Å²) in [7, 11) is 0. The number of halogens is 1. The van der Waals surface area contributed by atoms with Gasteiger partial charge in [-0.3, -0.25) is 9.78 Å². The first-order chi connectivity index (χ1) is 10.0. The zero-order valence-electron chi connectivity index (χ0n) is 12.1. The Bertz CT molecular complexity index is 658. The van der Waals surface area contributed by atoms with Crippen molar-refractivity contribution in [1.29, 1.82) is 0 Å². The van der Waals surface area contributed by atoms with E-state index in [-0.39, 0.29) is 11.7 Å². The van der Waals surface area contributed by atoms with E-state index in [0.717, 1.165) is 5.56 Å². The van der Waals surface area contributed by atoms with Crippen molar-refractivity contribution in [1.82, 2.24) is 9.88 Å². The van der Waals surface area contributed by atoms with Crippen molar-refractivity contribution in [2.75, 3.05) is 12.3 Å². The van der Waals surface area contributed by atoms with Crippen LogP contribution in [0, 0.1) is 12.7 Å². The van der Waals surface area contributed by atoms with E-state index in [4.69, 9.17) is 5.73 Å². The van der Waals surface area contributed by atoms with Gasteiger partial charge in [0, 0.05) is 13.1 Å². The van der Waals surface area contributed by atoms with Crippen LogP contribution >= 0.6 is 0 Å². The number of aromatic nitrogens is 1. The van der Waals surface area contributed by atoms with Crippen molar-refractivity contribution in [3.05, 3.63) is 59.2 Å². The van der Waals surface area contributed by atoms with Crippen LogP contribution in [0.5, 0.6) is 0 Å². The lowest BCUT2D eigenvalue weighted by molar-refractivity contribution is 0.0751. The molecule has 1 aromatic heterocycles. The molecule has 4 nitrogen and oxygen atoms in total. The van der Waals surface area contributed by atoms with Gasteiger partial charge in [0.25, 0.3) is 5.91 Å². The van der Waals surface area contributed by atoms with Gasteiger partial charge < -0.3 is 10.6 Å². The Hall–Kier alpha value is -2.43. The zero-order valence-corrected chi connectivity index (χ0v) is 12.1. The van der Waals surface area contributed by atoms with Crippen molar-refractivity contribution < 1.29 is 9.18 Å². The van der Waals surface area contributed by atoms with E-state index < -0.39 is 0 Å². The summed E-state index contributed by atoms with van der Waals surface area (Å²) in [5.74, 6) is -0.461. The second-order valence-electron chi connectivity index (χ2n) is 4.85. The molecular weight excluding hydrogens is 269 g/mol. The fourth-order valence-electron chi connectivity index (χ4n) is 2.12. The summed E-state index contributed by atoms with van der Waals surface area (Å²) in [4.78, 5) is 18.3. The molecule has 2 rings (SSSR count). The number of carbonyl (C=O) groups excluding carboxylic acids is 1. The van der Waals surface area contributed by atoms with E-state index in [1.165, 1.54) is 18.3 Å². The molecule has 0 saturated carbocycles. The quantitative estimate of drug-likeness (QED) is 0.940. The Morgan fingerprint density at radius 2 is 2.14 bits per heavy atom. The highest BCUT2D eigenvalue weighted by molar-refractivity contribution is 5.95. The predicted octanol–water partition coefficient (Wildman–Crippen LogP) is 2.77. The number of hydrogen-bond acceptors (Lipinski definition) is 3. The number of carbonyl (C=O) groups is 1. The number of rotatable bonds is 4. The highest BCUT2D eigenvalue weighted by Crippen LogP contribution is 2.15. The fraction of sp³-hybridized carbons (Fsp3) is 0.250. The van der Waals surface area contributed by atoms with Gasteiger partial charge in [0.15, 0.2) is 0 Å². The largest absolute Gasteiger partial charge is 0.397 e. The topological polar surface area (TPSA) is 59.2 Å². The maximum Gasteiger partial charge on any atom is 0.256 e. The second kappa shape index (κ2) is 6.35. The first-order valence-corrected chi connectivity index (χ1v) is 6.77. The maximum absolute atomic E-state index is 13.2. The Morgan fingerprint density at radius 3 is 2.81 bits per heavy atom. The summed E-state index contributed by atoms with van der Waals surface area (Å²) in [5.41, 5.74) is 8.01. The molecular formula is C16H18FN3O. The minimum Gasteiger partial charge on any atom is -0.397 e. The van der Waals surface area contributed by atoms with Gasteiger partial charge in [-0.1, -0.05) is 12.1 Å². The van der Waals surface area contributed by atoms with Crippen molar-refractivity contribution in [2.45, 2.75) is 20.4 Å². The van der Waals surface area contributed by atoms with Crippen LogP contribution in [-0.2, 0) is 6.54 Å². The van der Waals surface area contributed by atoms with E-state index in [0.29, 0.717) is 30.0 Å². The summed E-state index contributed by atoms with van der Waals surface area (Å²) in [5, 5.41) is 0. The van der Waals surface area contributed by atoms with E-state index in [1.54, 1.807) is 30.0 Å². The lowest BCUT2D eigenvalue weighted by Crippen LogP contribution is -2.31. The minimum absolute atomic E-state index is 0.154. The molecule has 0 aliphatic heterocycles. The van der Waals surface area contributed by atoms with Gasteiger partial charge in [0.05, 0.1) is 23.1 Å². The molecule has 5 heteroatoms. The molecule has 0 saturated heterocycles. The Kier molecular flexibility index (Phi) is 4.52. The molecule has 0 bridgehead atoms. The third-order valence-electron chi connectivity index (χ3n) is 3.27. The SMILES string of the molecule is CCN(Cc1cccc(F)c1)C(=O)c1cc(N)cnc1C. The van der Waals surface area contributed by atoms with Crippen molar-refractivity contribution in [2.24, 2.45) is 0 Å². The second-order valence-corrected chi connectivity index (χ2v) is 4.85. The molecule has 0 radical (unpaired) electrons. The molecule has 21 heavy (non-hydrogen) atoms.